The first-order chi connectivity index (χ1) is 15.1. The number of fused-ring (bicyclic) bond motifs is 1. The summed E-state index contributed by atoms with van der Waals surface area (Å²) in [7, 11) is 0. The van der Waals surface area contributed by atoms with Gasteiger partial charge in [-0.3, -0.25) is 4.79 Å². The summed E-state index contributed by atoms with van der Waals surface area (Å²) in [6.07, 6.45) is 12.5. The molecule has 2 aliphatic carbocycles. The highest BCUT2D eigenvalue weighted by molar-refractivity contribution is 5.81. The van der Waals surface area contributed by atoms with Crippen molar-refractivity contribution in [2.24, 2.45) is 5.92 Å². The second kappa shape index (κ2) is 9.98. The lowest BCUT2D eigenvalue weighted by molar-refractivity contribution is -0.149. The zero-order valence-electron chi connectivity index (χ0n) is 18.8. The quantitative estimate of drug-likeness (QED) is 0.628. The minimum Gasteiger partial charge on any atom is -0.466 e. The van der Waals surface area contributed by atoms with Gasteiger partial charge in [0.15, 0.2) is 0 Å². The van der Waals surface area contributed by atoms with Gasteiger partial charge in [-0.2, -0.15) is 4.98 Å². The van der Waals surface area contributed by atoms with Crippen LogP contribution in [0.25, 0.3) is 11.0 Å². The zero-order valence-corrected chi connectivity index (χ0v) is 18.8. The van der Waals surface area contributed by atoms with Crippen LogP contribution in [0.1, 0.15) is 89.2 Å². The molecule has 0 bridgehead atoms. The molecule has 2 saturated carbocycles. The van der Waals surface area contributed by atoms with Crippen LogP contribution in [0.5, 0.6) is 0 Å². The van der Waals surface area contributed by atoms with Crippen molar-refractivity contribution in [2.45, 2.75) is 89.7 Å². The number of nitrogens with one attached hydrogen (secondary N) is 1. The van der Waals surface area contributed by atoms with E-state index >= 15 is 0 Å². The molecule has 4 rings (SSSR count). The van der Waals surface area contributed by atoms with Crippen LogP contribution >= 0.6 is 0 Å². The minimum absolute atomic E-state index is 0.0329. The molecule has 31 heavy (non-hydrogen) atoms. The van der Waals surface area contributed by atoms with Gasteiger partial charge in [-0.05, 0) is 76.2 Å². The molecule has 2 aromatic heterocycles. The third kappa shape index (κ3) is 4.86. The number of hydrogen-bond donors (Lipinski definition) is 2. The number of carbonyl (C=O) groups excluding carboxylic acids is 1. The first-order valence-electron chi connectivity index (χ1n) is 12.1. The summed E-state index contributed by atoms with van der Waals surface area (Å²) >= 11 is 0. The van der Waals surface area contributed by atoms with Crippen LogP contribution < -0.4 is 5.32 Å². The smallest absolute Gasteiger partial charge is 0.308 e. The molecular weight excluding hydrogens is 392 g/mol. The van der Waals surface area contributed by atoms with Crippen molar-refractivity contribution in [2.75, 3.05) is 18.5 Å². The van der Waals surface area contributed by atoms with Gasteiger partial charge >= 0.3 is 5.97 Å². The number of ether oxygens (including phenoxy) is 1. The lowest BCUT2D eigenvalue weighted by Gasteiger charge is -2.28. The molecule has 0 aromatic carbocycles. The van der Waals surface area contributed by atoms with E-state index in [1.54, 1.807) is 0 Å². The van der Waals surface area contributed by atoms with E-state index in [9.17, 15) is 9.90 Å². The highest BCUT2D eigenvalue weighted by atomic mass is 16.5. The van der Waals surface area contributed by atoms with E-state index in [-0.39, 0.29) is 18.0 Å². The van der Waals surface area contributed by atoms with Gasteiger partial charge in [-0.1, -0.05) is 6.92 Å². The summed E-state index contributed by atoms with van der Waals surface area (Å²) in [5.74, 6) is 1.09. The maximum atomic E-state index is 12.1. The van der Waals surface area contributed by atoms with Gasteiger partial charge in [0.1, 0.15) is 5.65 Å². The van der Waals surface area contributed by atoms with Crippen molar-refractivity contribution in [1.29, 1.82) is 0 Å². The van der Waals surface area contributed by atoms with Crippen molar-refractivity contribution in [3.63, 3.8) is 0 Å². The molecule has 2 heterocycles. The number of carbonyl (C=O) groups is 1. The van der Waals surface area contributed by atoms with Crippen LogP contribution in [0.2, 0.25) is 0 Å². The van der Waals surface area contributed by atoms with E-state index < -0.39 is 0 Å². The number of esters is 1. The summed E-state index contributed by atoms with van der Waals surface area (Å²) in [5.41, 5.74) is 2.31. The average Bonchev–Trinajstić information content (AvgIpc) is 3.17. The fourth-order valence-electron chi connectivity index (χ4n) is 5.22. The molecule has 170 valence electrons. The van der Waals surface area contributed by atoms with Gasteiger partial charge in [0.05, 0.1) is 18.6 Å². The molecule has 2 N–H and O–H groups in total. The second-order valence-electron chi connectivity index (χ2n) is 9.11. The van der Waals surface area contributed by atoms with Crippen molar-refractivity contribution < 1.29 is 14.6 Å². The maximum Gasteiger partial charge on any atom is 0.308 e. The van der Waals surface area contributed by atoms with E-state index in [4.69, 9.17) is 9.72 Å². The maximum absolute atomic E-state index is 12.1. The Morgan fingerprint density at radius 2 is 1.90 bits per heavy atom. The Morgan fingerprint density at radius 3 is 2.58 bits per heavy atom. The number of nitrogens with zero attached hydrogens (tertiary/aromatic N) is 3. The van der Waals surface area contributed by atoms with Gasteiger partial charge < -0.3 is 19.7 Å². The summed E-state index contributed by atoms with van der Waals surface area (Å²) in [5, 5.41) is 14.4. The topological polar surface area (TPSA) is 89.3 Å². The van der Waals surface area contributed by atoms with E-state index in [0.717, 1.165) is 75.4 Å². The van der Waals surface area contributed by atoms with Gasteiger partial charge in [-0.15, -0.1) is 0 Å². The van der Waals surface area contributed by atoms with Gasteiger partial charge in [0.25, 0.3) is 0 Å². The molecule has 2 aromatic rings. The van der Waals surface area contributed by atoms with Crippen LogP contribution in [-0.2, 0) is 9.53 Å². The molecule has 0 saturated heterocycles. The molecule has 2 aliphatic rings. The number of aliphatic hydroxyl groups is 1. The van der Waals surface area contributed by atoms with Gasteiger partial charge in [-0.25, -0.2) is 4.98 Å². The monoisotopic (exact) mass is 428 g/mol. The molecule has 0 spiro atoms. The van der Waals surface area contributed by atoms with E-state index in [1.165, 1.54) is 5.56 Å². The van der Waals surface area contributed by atoms with Gasteiger partial charge in [0, 0.05) is 30.4 Å². The largest absolute Gasteiger partial charge is 0.466 e. The Labute approximate surface area is 184 Å². The van der Waals surface area contributed by atoms with E-state index in [1.807, 2.05) is 13.1 Å². The van der Waals surface area contributed by atoms with Crippen LogP contribution in [0.15, 0.2) is 12.4 Å². The molecule has 0 radical (unpaired) electrons. The van der Waals surface area contributed by atoms with Crippen molar-refractivity contribution >= 4 is 23.0 Å². The normalized spacial score (nSPS) is 26.7. The molecule has 2 fully saturated rings. The fraction of sp³-hybridized carbons (Fsp3) is 0.708. The zero-order chi connectivity index (χ0) is 21.8. The predicted molar refractivity (Wildman–Crippen MR) is 121 cm³/mol. The van der Waals surface area contributed by atoms with Crippen LogP contribution in [0.3, 0.4) is 0 Å². The lowest BCUT2D eigenvalue weighted by atomic mass is 9.79. The summed E-state index contributed by atoms with van der Waals surface area (Å²) in [4.78, 5) is 21.6. The van der Waals surface area contributed by atoms with Crippen molar-refractivity contribution in [3.8, 4) is 0 Å². The van der Waals surface area contributed by atoms with Crippen LogP contribution in [-0.4, -0.2) is 44.9 Å². The van der Waals surface area contributed by atoms with Crippen LogP contribution in [0, 0.1) is 5.92 Å². The predicted octanol–water partition coefficient (Wildman–Crippen LogP) is 4.57. The standard InChI is InChI=1S/C24H36N4O3/c1-3-13-25-24-26-14-20-21(16-5-7-17(8-6-16)23(30)31-4-2)15-28(22(20)27-24)18-9-11-19(29)12-10-18/h14-19,29H,3-13H2,1-2H3,(H,25,26,27). The number of aliphatic hydroxyl groups excluding tert-OH is 1. The number of aromatic nitrogens is 3. The number of hydrogen-bond acceptors (Lipinski definition) is 6. The first kappa shape index (κ1) is 22.1. The first-order valence-corrected chi connectivity index (χ1v) is 12.1. The molecule has 0 amide bonds. The molecular formula is C24H36N4O3. The summed E-state index contributed by atoms with van der Waals surface area (Å²) in [6, 6.07) is 0.365. The Balaban J connectivity index is 1.60. The van der Waals surface area contributed by atoms with E-state index in [2.05, 4.69) is 28.0 Å². The molecule has 7 heteroatoms. The Morgan fingerprint density at radius 1 is 1.16 bits per heavy atom. The fourth-order valence-corrected chi connectivity index (χ4v) is 5.22. The molecule has 0 atom stereocenters. The van der Waals surface area contributed by atoms with Gasteiger partial charge in [0.2, 0.25) is 5.95 Å². The summed E-state index contributed by atoms with van der Waals surface area (Å²) < 4.78 is 7.58. The number of anilines is 1. The molecule has 0 aliphatic heterocycles. The van der Waals surface area contributed by atoms with Crippen molar-refractivity contribution in [3.05, 3.63) is 18.0 Å². The second-order valence-corrected chi connectivity index (χ2v) is 9.11. The number of rotatable bonds is 7. The summed E-state index contributed by atoms with van der Waals surface area (Å²) in [6.45, 7) is 5.30. The third-order valence-corrected chi connectivity index (χ3v) is 6.98. The molecule has 7 nitrogen and oxygen atoms in total. The van der Waals surface area contributed by atoms with Crippen LogP contribution in [0.4, 0.5) is 5.95 Å². The SMILES string of the molecule is CCCNc1ncc2c(C3CCC(C(=O)OCC)CC3)cn(C3CCC(O)CC3)c2n1. The minimum atomic E-state index is -0.174. The molecule has 0 unspecified atom stereocenters. The average molecular weight is 429 g/mol. The lowest BCUT2D eigenvalue weighted by Crippen LogP contribution is -2.23. The Bertz CT molecular complexity index is 880. The van der Waals surface area contributed by atoms with E-state index in [0.29, 0.717) is 24.5 Å². The Hall–Kier alpha value is -2.15. The highest BCUT2D eigenvalue weighted by Gasteiger charge is 2.31. The van der Waals surface area contributed by atoms with Crippen molar-refractivity contribution in [1.82, 2.24) is 14.5 Å². The third-order valence-electron chi connectivity index (χ3n) is 6.98. The Kier molecular flexibility index (Phi) is 7.10. The highest BCUT2D eigenvalue weighted by Crippen LogP contribution is 2.41.